The molecule has 0 aliphatic rings. The lowest BCUT2D eigenvalue weighted by Gasteiger charge is -2.15. The van der Waals surface area contributed by atoms with Gasteiger partial charge in [-0.3, -0.25) is 0 Å². The van der Waals surface area contributed by atoms with E-state index in [-0.39, 0.29) is 0 Å². The van der Waals surface area contributed by atoms with Gasteiger partial charge >= 0.3 is 0 Å². The molecule has 0 spiro atoms. The van der Waals surface area contributed by atoms with Gasteiger partial charge in [0.1, 0.15) is 5.82 Å². The van der Waals surface area contributed by atoms with E-state index in [1.165, 1.54) is 428 Å². The van der Waals surface area contributed by atoms with Crippen molar-refractivity contribution in [3.8, 4) is 0 Å². The van der Waals surface area contributed by atoms with Crippen LogP contribution < -0.4 is 0 Å². The number of hydrogen-bond acceptors (Lipinski definition) is 2. The van der Waals surface area contributed by atoms with Crippen LogP contribution >= 0.6 is 0 Å². The van der Waals surface area contributed by atoms with Gasteiger partial charge < -0.3 is 0 Å². The molecule has 0 N–H and O–H groups in total. The van der Waals surface area contributed by atoms with E-state index in [9.17, 15) is 0 Å². The maximum Gasteiger partial charge on any atom is 0.129 e. The van der Waals surface area contributed by atoms with Crippen LogP contribution in [0, 0.1) is 6.92 Å². The Hall–Kier alpha value is -0.920. The number of rotatable bonds is 66. The van der Waals surface area contributed by atoms with Crippen LogP contribution in [0.1, 0.15) is 448 Å². The summed E-state index contributed by atoms with van der Waals surface area (Å²) in [6.45, 7) is 11.3. The molecule has 0 aliphatic heterocycles. The molecule has 0 saturated heterocycles. The second-order valence-corrected chi connectivity index (χ2v) is 25.5. The van der Waals surface area contributed by atoms with Gasteiger partial charge in [0.2, 0.25) is 0 Å². The van der Waals surface area contributed by atoms with E-state index >= 15 is 0 Å². The Morgan fingerprint density at radius 1 is 0.184 bits per heavy atom. The van der Waals surface area contributed by atoms with Crippen molar-refractivity contribution in [2.75, 3.05) is 0 Å². The summed E-state index contributed by atoms with van der Waals surface area (Å²) in [6.07, 6.45) is 94.2. The lowest BCUT2D eigenvalue weighted by atomic mass is 9.96. The van der Waals surface area contributed by atoms with Crippen LogP contribution in [0.25, 0.3) is 0 Å². The number of unbranched alkanes of at least 4 members (excludes halogenated alkanes) is 60. The summed E-state index contributed by atoms with van der Waals surface area (Å²) < 4.78 is 0. The van der Waals surface area contributed by atoms with Gasteiger partial charge in [0, 0.05) is 18.3 Å². The van der Waals surface area contributed by atoms with Gasteiger partial charge in [-0.05, 0) is 44.1 Å². The maximum atomic E-state index is 5.08. The van der Waals surface area contributed by atoms with Crippen LogP contribution in [-0.4, -0.2) is 9.97 Å². The smallest absolute Gasteiger partial charge is 0.129 e. The summed E-state index contributed by atoms with van der Waals surface area (Å²) >= 11 is 0. The molecule has 0 aliphatic carbocycles. The number of nitrogens with zero attached hydrogens (tertiary/aromatic N) is 2. The molecule has 0 saturated carbocycles. The minimum absolute atomic E-state index is 0.777. The first-order chi connectivity index (χ1) is 37.7. The number of aromatic nitrogens is 2. The lowest BCUT2D eigenvalue weighted by molar-refractivity contribution is 0.519. The predicted molar refractivity (Wildman–Crippen MR) is 345 cm³/mol. The first-order valence-electron chi connectivity index (χ1n) is 36.4. The van der Waals surface area contributed by atoms with Gasteiger partial charge in [0.05, 0.1) is 0 Å². The average molecular weight is 1060 g/mol. The summed E-state index contributed by atoms with van der Waals surface area (Å²) in [5.41, 5.74) is 4.26. The fraction of sp³-hybridized carbons (Fsp3) is 0.932. The molecule has 1 aromatic heterocycles. The molecule has 449 valence electrons. The summed E-state index contributed by atoms with van der Waals surface area (Å²) in [5, 5.41) is 0. The second-order valence-electron chi connectivity index (χ2n) is 25.5. The van der Waals surface area contributed by atoms with Crippen molar-refractivity contribution in [2.45, 2.75) is 445 Å². The zero-order valence-electron chi connectivity index (χ0n) is 53.3. The van der Waals surface area contributed by atoms with Gasteiger partial charge in [-0.15, -0.1) is 0 Å². The normalized spacial score (nSPS) is 11.7. The van der Waals surface area contributed by atoms with E-state index in [0.29, 0.717) is 0 Å². The topological polar surface area (TPSA) is 25.8 Å². The number of aryl methyl sites for hydroxylation is 2. The highest BCUT2D eigenvalue weighted by molar-refractivity contribution is 5.27. The van der Waals surface area contributed by atoms with Crippen molar-refractivity contribution in [3.63, 3.8) is 0 Å². The average Bonchev–Trinajstić information content (AvgIpc) is 3.42. The van der Waals surface area contributed by atoms with E-state index in [1.807, 2.05) is 0 Å². The fourth-order valence-electron chi connectivity index (χ4n) is 12.5. The largest absolute Gasteiger partial charge is 0.238 e. The molecule has 2 nitrogen and oxygen atoms in total. The van der Waals surface area contributed by atoms with Gasteiger partial charge in [-0.25, -0.2) is 9.97 Å². The zero-order valence-corrected chi connectivity index (χ0v) is 53.3. The van der Waals surface area contributed by atoms with E-state index in [4.69, 9.17) is 9.97 Å². The first kappa shape index (κ1) is 73.1. The standard InChI is InChI=1S/C74H143N2/c1-5-8-11-14-17-20-23-26-29-32-35-38-41-44-47-50-53-56-59-62-65-68-72-73(69-66-63-60-57-54-51-48-45-42-39-36-33-30-27-24-21-18-15-12-9-6-2)75-71(4)76-74(72)70-67-64-61-58-55-52-49-46-43-40-37-34-31-28-25-22-19-16-13-10-7-3/h4-70H2,1-3H3. The third kappa shape index (κ3) is 53.7. The molecule has 1 rings (SSSR count). The van der Waals surface area contributed by atoms with E-state index in [0.717, 1.165) is 18.7 Å². The number of hydrogen-bond donors (Lipinski definition) is 0. The molecule has 0 fully saturated rings. The minimum atomic E-state index is 0.777. The Morgan fingerprint density at radius 2 is 0.316 bits per heavy atom. The van der Waals surface area contributed by atoms with Crippen LogP contribution in [0.5, 0.6) is 0 Å². The second kappa shape index (κ2) is 63.3. The van der Waals surface area contributed by atoms with E-state index in [1.54, 1.807) is 0 Å². The quantitative estimate of drug-likeness (QED) is 0.0608. The van der Waals surface area contributed by atoms with Crippen molar-refractivity contribution in [1.29, 1.82) is 0 Å². The minimum Gasteiger partial charge on any atom is -0.238 e. The first-order valence-corrected chi connectivity index (χ1v) is 36.4. The highest BCUT2D eigenvalue weighted by Gasteiger charge is 2.14. The Balaban J connectivity index is 2.30. The summed E-state index contributed by atoms with van der Waals surface area (Å²) in [7, 11) is 0. The van der Waals surface area contributed by atoms with Gasteiger partial charge in [0.25, 0.3) is 0 Å². The van der Waals surface area contributed by atoms with Crippen molar-refractivity contribution in [1.82, 2.24) is 9.97 Å². The molecule has 1 radical (unpaired) electrons. The summed E-state index contributed by atoms with van der Waals surface area (Å²) in [4.78, 5) is 10.2. The molecular weight excluding hydrogens is 917 g/mol. The Morgan fingerprint density at radius 3 is 0.474 bits per heavy atom. The molecule has 0 bridgehead atoms. The molecule has 2 heteroatoms. The van der Waals surface area contributed by atoms with Crippen LogP contribution in [-0.2, 0) is 19.3 Å². The van der Waals surface area contributed by atoms with Gasteiger partial charge in [-0.2, -0.15) is 0 Å². The Bertz CT molecular complexity index is 1150. The van der Waals surface area contributed by atoms with Crippen molar-refractivity contribution >= 4 is 0 Å². The molecular formula is C74H143N2. The molecule has 0 amide bonds. The van der Waals surface area contributed by atoms with E-state index in [2.05, 4.69) is 27.7 Å². The highest BCUT2D eigenvalue weighted by atomic mass is 14.9. The molecule has 0 atom stereocenters. The highest BCUT2D eigenvalue weighted by Crippen LogP contribution is 2.24. The predicted octanol–water partition coefficient (Wildman–Crippen LogP) is 26.9. The summed E-state index contributed by atoms with van der Waals surface area (Å²) in [6, 6.07) is 0. The maximum absolute atomic E-state index is 5.08. The lowest BCUT2D eigenvalue weighted by Crippen LogP contribution is -2.09. The molecule has 76 heavy (non-hydrogen) atoms. The van der Waals surface area contributed by atoms with Crippen molar-refractivity contribution < 1.29 is 0 Å². The Kier molecular flexibility index (Phi) is 60.8. The molecule has 1 heterocycles. The molecule has 0 aromatic carbocycles. The molecule has 0 unspecified atom stereocenters. The third-order valence-electron chi connectivity index (χ3n) is 17.8. The monoisotopic (exact) mass is 1060 g/mol. The van der Waals surface area contributed by atoms with Crippen LogP contribution in [0.3, 0.4) is 0 Å². The van der Waals surface area contributed by atoms with Crippen molar-refractivity contribution in [3.05, 3.63) is 29.7 Å². The van der Waals surface area contributed by atoms with E-state index < -0.39 is 0 Å². The molecule has 1 aromatic rings. The summed E-state index contributed by atoms with van der Waals surface area (Å²) in [5.74, 6) is 0.777. The van der Waals surface area contributed by atoms with Gasteiger partial charge in [-0.1, -0.05) is 406 Å². The van der Waals surface area contributed by atoms with Crippen molar-refractivity contribution in [2.24, 2.45) is 0 Å². The van der Waals surface area contributed by atoms with Crippen LogP contribution in [0.15, 0.2) is 0 Å². The zero-order chi connectivity index (χ0) is 54.4. The fourth-order valence-corrected chi connectivity index (χ4v) is 12.5. The van der Waals surface area contributed by atoms with Crippen LogP contribution in [0.4, 0.5) is 0 Å². The SMILES string of the molecule is [CH2]c1nc(CCCCCCCCCCCCCCCCCCCCCCC)c(CCCCCCCCCCCCCCCCCCCCCCC)c(CCCCCCCCCCCCCCCCCCCCCCC)n1. The Labute approximate surface area is 481 Å². The third-order valence-corrected chi connectivity index (χ3v) is 17.8. The van der Waals surface area contributed by atoms with Gasteiger partial charge in [0.15, 0.2) is 0 Å². The van der Waals surface area contributed by atoms with Crippen LogP contribution in [0.2, 0.25) is 0 Å².